The molecule has 9 rings (SSSR count). The summed E-state index contributed by atoms with van der Waals surface area (Å²) in [7, 11) is -3.74. The van der Waals surface area contributed by atoms with Gasteiger partial charge in [0, 0.05) is 12.8 Å². The molecule has 9 aromatic carbocycles. The summed E-state index contributed by atoms with van der Waals surface area (Å²) in [5.41, 5.74) is 1.60. The molecule has 0 aromatic heterocycles. The van der Waals surface area contributed by atoms with Crippen LogP contribution in [0.5, 0.6) is 0 Å². The van der Waals surface area contributed by atoms with Crippen molar-refractivity contribution in [1.82, 2.24) is 0 Å². The average molecular weight is 857 g/mol. The molecule has 0 spiro atoms. The summed E-state index contributed by atoms with van der Waals surface area (Å²) < 4.78 is 42.9. The van der Waals surface area contributed by atoms with E-state index in [0.29, 0.717) is 25.7 Å². The lowest BCUT2D eigenvalue weighted by atomic mass is 9.90. The van der Waals surface area contributed by atoms with Gasteiger partial charge in [0.25, 0.3) is 0 Å². The van der Waals surface area contributed by atoms with Gasteiger partial charge in [0.15, 0.2) is 9.84 Å². The SMILES string of the molecule is Cc1ccc(S(=O)(=O)CCOC(=O)C(C)(COC(=O)CCCc2ccc3ccc4cccc5ccc2c3c45)COC(=O)CCCc2ccc3ccc4cccc5ccc2c3c45)cc1. The van der Waals surface area contributed by atoms with Crippen molar-refractivity contribution in [3.63, 3.8) is 0 Å². The molecular weight excluding hydrogens is 809 g/mol. The van der Waals surface area contributed by atoms with E-state index in [1.165, 1.54) is 72.9 Å². The van der Waals surface area contributed by atoms with Gasteiger partial charge in [-0.25, -0.2) is 8.42 Å². The number of esters is 3. The largest absolute Gasteiger partial charge is 0.464 e. The third-order valence-corrected chi connectivity index (χ3v) is 14.1. The minimum Gasteiger partial charge on any atom is -0.464 e. The summed E-state index contributed by atoms with van der Waals surface area (Å²) in [5.74, 6) is -2.28. The number of hydrogen-bond donors (Lipinski definition) is 0. The first-order valence-electron chi connectivity index (χ1n) is 21.6. The minimum atomic E-state index is -3.74. The van der Waals surface area contributed by atoms with Crippen molar-refractivity contribution in [2.75, 3.05) is 25.6 Å². The van der Waals surface area contributed by atoms with Gasteiger partial charge in [-0.2, -0.15) is 0 Å². The van der Waals surface area contributed by atoms with Crippen LogP contribution in [-0.4, -0.2) is 51.9 Å². The fraction of sp³-hybridized carbons (Fsp3) is 0.241. The summed E-state index contributed by atoms with van der Waals surface area (Å²) in [4.78, 5) is 40.3. The summed E-state index contributed by atoms with van der Waals surface area (Å²) in [5, 5.41) is 14.3. The molecule has 318 valence electrons. The number of sulfone groups is 1. The molecule has 0 amide bonds. The molecule has 63 heavy (non-hydrogen) atoms. The first-order chi connectivity index (χ1) is 30.5. The Balaban J connectivity index is 0.834. The molecule has 0 radical (unpaired) electrons. The van der Waals surface area contributed by atoms with E-state index in [0.717, 1.165) is 27.5 Å². The second kappa shape index (κ2) is 17.3. The maximum Gasteiger partial charge on any atom is 0.318 e. The predicted molar refractivity (Wildman–Crippen MR) is 250 cm³/mol. The molecule has 8 nitrogen and oxygen atoms in total. The van der Waals surface area contributed by atoms with Crippen LogP contribution in [0.1, 0.15) is 49.3 Å². The highest BCUT2D eigenvalue weighted by Gasteiger charge is 2.39. The van der Waals surface area contributed by atoms with Crippen LogP contribution in [0.4, 0.5) is 0 Å². The standard InChI is InChI=1S/C54H48O8S/c1-35-15-27-44(28-16-35)63(58,59)32-31-60-53(57)54(2,33-61-47(55)13-5-7-36-17-19-42-23-21-38-9-3-11-40-25-29-45(36)51(42)49(38)40)34-62-48(56)14-6-8-37-18-20-43-24-22-39-10-4-12-41-26-30-46(37)52(43)50(39)41/h3-4,9-12,15-30H,5-8,13-14,31-34H2,1-2H3. The number of ether oxygens (including phenoxy) is 3. The van der Waals surface area contributed by atoms with Crippen molar-refractivity contribution in [2.24, 2.45) is 5.41 Å². The first-order valence-corrected chi connectivity index (χ1v) is 23.2. The van der Waals surface area contributed by atoms with Crippen LogP contribution in [0, 0.1) is 12.3 Å². The molecule has 0 aliphatic heterocycles. The zero-order chi connectivity index (χ0) is 43.7. The van der Waals surface area contributed by atoms with E-state index < -0.39 is 58.7 Å². The topological polar surface area (TPSA) is 113 Å². The average Bonchev–Trinajstić information content (AvgIpc) is 3.29. The van der Waals surface area contributed by atoms with E-state index in [9.17, 15) is 22.8 Å². The summed E-state index contributed by atoms with van der Waals surface area (Å²) in [6, 6.07) is 44.7. The van der Waals surface area contributed by atoms with Gasteiger partial charge in [0.2, 0.25) is 0 Å². The Kier molecular flexibility index (Phi) is 11.5. The molecule has 9 aromatic rings. The second-order valence-electron chi connectivity index (χ2n) is 17.0. The van der Waals surface area contributed by atoms with Crippen molar-refractivity contribution >= 4 is 92.4 Å². The Hall–Kier alpha value is -6.58. The quantitative estimate of drug-likeness (QED) is 0.0505. The number of rotatable bonds is 17. The third-order valence-electron chi connectivity index (χ3n) is 12.5. The maximum atomic E-state index is 13.7. The highest BCUT2D eigenvalue weighted by Crippen LogP contribution is 2.38. The summed E-state index contributed by atoms with van der Waals surface area (Å²) in [6.45, 7) is 2.11. The van der Waals surface area contributed by atoms with Crippen molar-refractivity contribution in [2.45, 2.75) is 57.3 Å². The Morgan fingerprint density at radius 2 is 0.921 bits per heavy atom. The van der Waals surface area contributed by atoms with E-state index in [1.807, 2.05) is 6.92 Å². The zero-order valence-corrected chi connectivity index (χ0v) is 36.3. The molecule has 9 heteroatoms. The Morgan fingerprint density at radius 3 is 1.38 bits per heavy atom. The molecule has 0 heterocycles. The number of benzene rings is 9. The molecule has 0 saturated carbocycles. The van der Waals surface area contributed by atoms with E-state index in [1.54, 1.807) is 12.1 Å². The van der Waals surface area contributed by atoms with Crippen LogP contribution in [0.25, 0.3) is 64.6 Å². The number of carbonyl (C=O) groups excluding carboxylic acids is 3. The van der Waals surface area contributed by atoms with Crippen LogP contribution < -0.4 is 0 Å². The van der Waals surface area contributed by atoms with Crippen molar-refractivity contribution in [1.29, 1.82) is 0 Å². The lowest BCUT2D eigenvalue weighted by Crippen LogP contribution is -2.41. The van der Waals surface area contributed by atoms with Gasteiger partial charge in [-0.15, -0.1) is 0 Å². The second-order valence-corrected chi connectivity index (χ2v) is 19.1. The monoisotopic (exact) mass is 856 g/mol. The van der Waals surface area contributed by atoms with Gasteiger partial charge < -0.3 is 14.2 Å². The number of carbonyl (C=O) groups is 3. The van der Waals surface area contributed by atoms with E-state index >= 15 is 0 Å². The van der Waals surface area contributed by atoms with Gasteiger partial charge in [-0.1, -0.05) is 127 Å². The minimum absolute atomic E-state index is 0.102. The van der Waals surface area contributed by atoms with Gasteiger partial charge in [0.05, 0.1) is 10.6 Å². The first kappa shape index (κ1) is 41.8. The van der Waals surface area contributed by atoms with Crippen molar-refractivity contribution < 1.29 is 37.0 Å². The predicted octanol–water partition coefficient (Wildman–Crippen LogP) is 11.2. The maximum absolute atomic E-state index is 13.7. The van der Waals surface area contributed by atoms with Gasteiger partial charge >= 0.3 is 17.9 Å². The Bertz CT molecular complexity index is 3060. The van der Waals surface area contributed by atoms with Crippen molar-refractivity contribution in [3.05, 3.63) is 150 Å². The molecule has 0 saturated heterocycles. The molecule has 0 bridgehead atoms. The lowest BCUT2D eigenvalue weighted by Gasteiger charge is -2.26. The highest BCUT2D eigenvalue weighted by atomic mass is 32.2. The molecule has 0 unspecified atom stereocenters. The van der Waals surface area contributed by atoms with Crippen LogP contribution in [0.15, 0.2) is 138 Å². The zero-order valence-electron chi connectivity index (χ0n) is 35.4. The van der Waals surface area contributed by atoms with Gasteiger partial charge in [-0.3, -0.25) is 14.4 Å². The lowest BCUT2D eigenvalue weighted by molar-refractivity contribution is -0.169. The normalized spacial score (nSPS) is 12.3. The summed E-state index contributed by atoms with van der Waals surface area (Å²) >= 11 is 0. The van der Waals surface area contributed by atoms with E-state index in [-0.39, 0.29) is 17.7 Å². The van der Waals surface area contributed by atoms with Crippen LogP contribution in [0.2, 0.25) is 0 Å². The Labute approximate surface area is 366 Å². The smallest absolute Gasteiger partial charge is 0.318 e. The molecular formula is C54H48O8S. The third kappa shape index (κ3) is 8.50. The van der Waals surface area contributed by atoms with Gasteiger partial charge in [0.1, 0.15) is 25.2 Å². The molecule has 0 fully saturated rings. The van der Waals surface area contributed by atoms with Crippen LogP contribution >= 0.6 is 0 Å². The molecule has 0 atom stereocenters. The Morgan fingerprint density at radius 1 is 0.508 bits per heavy atom. The molecule has 0 aliphatic rings. The highest BCUT2D eigenvalue weighted by molar-refractivity contribution is 7.91. The van der Waals surface area contributed by atoms with E-state index in [4.69, 9.17) is 14.2 Å². The number of hydrogen-bond acceptors (Lipinski definition) is 8. The van der Waals surface area contributed by atoms with Crippen molar-refractivity contribution in [3.8, 4) is 0 Å². The fourth-order valence-electron chi connectivity index (χ4n) is 8.94. The molecule has 0 N–H and O–H groups in total. The van der Waals surface area contributed by atoms with E-state index in [2.05, 4.69) is 109 Å². The van der Waals surface area contributed by atoms with Gasteiger partial charge in [-0.05, 0) is 127 Å². The van der Waals surface area contributed by atoms with Crippen LogP contribution in [0.3, 0.4) is 0 Å². The summed E-state index contributed by atoms with van der Waals surface area (Å²) in [6.07, 6.45) is 2.52. The molecule has 0 aliphatic carbocycles. The fourth-order valence-corrected chi connectivity index (χ4v) is 10.0. The van der Waals surface area contributed by atoms with Crippen LogP contribution in [-0.2, 0) is 51.3 Å². The number of aryl methyl sites for hydroxylation is 3.